The lowest BCUT2D eigenvalue weighted by Crippen LogP contribution is -2.44. The van der Waals surface area contributed by atoms with Crippen LogP contribution in [-0.4, -0.2) is 47.7 Å². The molecule has 2 aromatic rings. The van der Waals surface area contributed by atoms with Crippen molar-refractivity contribution in [1.82, 2.24) is 15.2 Å². The maximum absolute atomic E-state index is 13.1. The first-order valence-corrected chi connectivity index (χ1v) is 10.4. The number of carbonyl (C=O) groups excluding carboxylic acids is 2. The lowest BCUT2D eigenvalue weighted by molar-refractivity contribution is -0.141. The third-order valence-electron chi connectivity index (χ3n) is 3.94. The van der Waals surface area contributed by atoms with Gasteiger partial charge in [-0.05, 0) is 39.3 Å². The summed E-state index contributed by atoms with van der Waals surface area (Å²) in [5.74, 6) is -0.437. The van der Waals surface area contributed by atoms with Crippen LogP contribution in [0.3, 0.4) is 0 Å². The van der Waals surface area contributed by atoms with Crippen molar-refractivity contribution in [2.45, 2.75) is 45.4 Å². The van der Waals surface area contributed by atoms with E-state index in [1.165, 1.54) is 7.11 Å². The summed E-state index contributed by atoms with van der Waals surface area (Å²) < 4.78 is 10.9. The predicted molar refractivity (Wildman–Crippen MR) is 113 cm³/mol. The molecule has 158 valence electrons. The molecule has 1 heterocycles. The highest BCUT2D eigenvalue weighted by Gasteiger charge is 2.32. The number of nitrogens with zero attached hydrogens (tertiary/aromatic N) is 2. The fourth-order valence-corrected chi connectivity index (χ4v) is 3.24. The minimum absolute atomic E-state index is 0.227. The zero-order valence-corrected chi connectivity index (χ0v) is 18.2. The molecule has 0 radical (unpaired) electrons. The van der Waals surface area contributed by atoms with Crippen molar-refractivity contribution in [3.05, 3.63) is 52.5 Å². The second kappa shape index (κ2) is 11.0. The van der Waals surface area contributed by atoms with Crippen molar-refractivity contribution in [3.63, 3.8) is 0 Å². The highest BCUT2D eigenvalue weighted by molar-refractivity contribution is 7.09. The fourth-order valence-electron chi connectivity index (χ4n) is 2.66. The van der Waals surface area contributed by atoms with Gasteiger partial charge >= 0.3 is 6.09 Å². The summed E-state index contributed by atoms with van der Waals surface area (Å²) in [4.78, 5) is 31.2. The largest absolute Gasteiger partial charge is 0.443 e. The van der Waals surface area contributed by atoms with Crippen LogP contribution in [0.25, 0.3) is 0 Å². The lowest BCUT2D eigenvalue weighted by atomic mass is 10.1. The van der Waals surface area contributed by atoms with Crippen molar-refractivity contribution < 1.29 is 19.1 Å². The molecular formula is C21H29N3O4S. The van der Waals surface area contributed by atoms with Gasteiger partial charge in [0.1, 0.15) is 10.6 Å². The molecular weight excluding hydrogens is 390 g/mol. The Morgan fingerprint density at radius 1 is 1.24 bits per heavy atom. The summed E-state index contributed by atoms with van der Waals surface area (Å²) in [6.45, 7) is 6.83. The first kappa shape index (κ1) is 23.0. The van der Waals surface area contributed by atoms with Crippen molar-refractivity contribution in [2.24, 2.45) is 0 Å². The van der Waals surface area contributed by atoms with Gasteiger partial charge in [-0.25, -0.2) is 14.7 Å². The Morgan fingerprint density at radius 3 is 2.55 bits per heavy atom. The Hall–Kier alpha value is -2.29. The summed E-state index contributed by atoms with van der Waals surface area (Å²) in [5.41, 5.74) is -0.0101. The monoisotopic (exact) mass is 419 g/mol. The molecule has 0 spiro atoms. The van der Waals surface area contributed by atoms with Gasteiger partial charge in [-0.2, -0.15) is 0 Å². The van der Waals surface area contributed by atoms with E-state index in [4.69, 9.17) is 9.47 Å². The first-order valence-electron chi connectivity index (χ1n) is 9.53. The Balaban J connectivity index is 2.02. The van der Waals surface area contributed by atoms with Crippen LogP contribution in [0.4, 0.5) is 4.79 Å². The van der Waals surface area contributed by atoms with Crippen LogP contribution < -0.4 is 5.32 Å². The molecule has 0 bridgehead atoms. The second-order valence-electron chi connectivity index (χ2n) is 7.45. The van der Waals surface area contributed by atoms with Gasteiger partial charge in [-0.3, -0.25) is 4.79 Å². The first-order chi connectivity index (χ1) is 13.8. The van der Waals surface area contributed by atoms with Crippen LogP contribution in [0.1, 0.15) is 43.9 Å². The second-order valence-corrected chi connectivity index (χ2v) is 8.43. The minimum atomic E-state index is -0.869. The number of thiazole rings is 1. The third-order valence-corrected chi connectivity index (χ3v) is 4.72. The summed E-state index contributed by atoms with van der Waals surface area (Å²) in [6.07, 6.45) is 0.813. The molecule has 1 aromatic heterocycles. The molecule has 2 rings (SSSR count). The number of benzene rings is 1. The summed E-state index contributed by atoms with van der Waals surface area (Å²) in [6, 6.07) is 9.12. The van der Waals surface area contributed by atoms with Gasteiger partial charge in [-0.1, -0.05) is 30.3 Å². The number of methoxy groups -OCH3 is 1. The topological polar surface area (TPSA) is 80.8 Å². The molecule has 2 amide bonds. The molecule has 0 saturated carbocycles. The number of imide groups is 1. The molecule has 1 aromatic carbocycles. The number of hydrogen-bond donors (Lipinski definition) is 1. The van der Waals surface area contributed by atoms with Crippen molar-refractivity contribution >= 4 is 23.3 Å². The molecule has 1 atom stereocenters. The van der Waals surface area contributed by atoms with Gasteiger partial charge in [0.15, 0.2) is 6.10 Å². The van der Waals surface area contributed by atoms with Crippen LogP contribution in [-0.2, 0) is 20.8 Å². The van der Waals surface area contributed by atoms with E-state index in [0.29, 0.717) is 25.1 Å². The number of amides is 2. The lowest BCUT2D eigenvalue weighted by Gasteiger charge is -2.28. The minimum Gasteiger partial charge on any atom is -0.443 e. The zero-order chi connectivity index (χ0) is 21.3. The van der Waals surface area contributed by atoms with Crippen molar-refractivity contribution in [3.8, 4) is 0 Å². The smallest absolute Gasteiger partial charge is 0.417 e. The predicted octanol–water partition coefficient (Wildman–Crippen LogP) is 3.77. The molecule has 0 aliphatic rings. The molecule has 1 unspecified atom stereocenters. The van der Waals surface area contributed by atoms with E-state index >= 15 is 0 Å². The SMILES string of the molecule is COC(C(=O)N(CCCNCc1nccs1)C(=O)OC(C)(C)C)c1ccccc1. The van der Waals surface area contributed by atoms with Gasteiger partial charge < -0.3 is 14.8 Å². The Labute approximate surface area is 176 Å². The molecule has 0 fully saturated rings. The fraction of sp³-hybridized carbons (Fsp3) is 0.476. The highest BCUT2D eigenvalue weighted by Crippen LogP contribution is 2.21. The quantitative estimate of drug-likeness (QED) is 0.623. The van der Waals surface area contributed by atoms with E-state index < -0.39 is 23.7 Å². The number of aromatic nitrogens is 1. The molecule has 7 nitrogen and oxygen atoms in total. The van der Waals surface area contributed by atoms with Crippen LogP contribution in [0.2, 0.25) is 0 Å². The number of rotatable bonds is 9. The Kier molecular flexibility index (Phi) is 8.75. The van der Waals surface area contributed by atoms with Crippen LogP contribution in [0.15, 0.2) is 41.9 Å². The average molecular weight is 420 g/mol. The molecule has 8 heteroatoms. The van der Waals surface area contributed by atoms with Crippen LogP contribution in [0, 0.1) is 0 Å². The number of nitrogens with one attached hydrogen (secondary N) is 1. The van der Waals surface area contributed by atoms with E-state index in [1.54, 1.807) is 50.4 Å². The molecule has 29 heavy (non-hydrogen) atoms. The van der Waals surface area contributed by atoms with Gasteiger partial charge in [0.25, 0.3) is 5.91 Å². The summed E-state index contributed by atoms with van der Waals surface area (Å²) in [7, 11) is 1.46. The maximum atomic E-state index is 13.1. The summed E-state index contributed by atoms with van der Waals surface area (Å²) >= 11 is 1.58. The van der Waals surface area contributed by atoms with Gasteiger partial charge in [-0.15, -0.1) is 11.3 Å². The van der Waals surface area contributed by atoms with Crippen molar-refractivity contribution in [2.75, 3.05) is 20.2 Å². The van der Waals surface area contributed by atoms with E-state index in [0.717, 1.165) is 9.91 Å². The Bertz CT molecular complexity index is 760. The standard InChI is InChI=1S/C21H29N3O4S/c1-21(2,3)28-20(26)24(13-8-11-22-15-17-23-12-14-29-17)19(25)18(27-4)16-9-6-5-7-10-16/h5-7,9-10,12,14,18,22H,8,11,13,15H2,1-4H3. The highest BCUT2D eigenvalue weighted by atomic mass is 32.1. The molecule has 0 aliphatic carbocycles. The Morgan fingerprint density at radius 2 is 1.97 bits per heavy atom. The molecule has 0 saturated heterocycles. The van der Waals surface area contributed by atoms with Gasteiger partial charge in [0.05, 0.1) is 0 Å². The molecule has 1 N–H and O–H groups in total. The van der Waals surface area contributed by atoms with Crippen molar-refractivity contribution in [1.29, 1.82) is 0 Å². The summed E-state index contributed by atoms with van der Waals surface area (Å²) in [5, 5.41) is 6.19. The van der Waals surface area contributed by atoms with E-state index in [2.05, 4.69) is 10.3 Å². The number of hydrogen-bond acceptors (Lipinski definition) is 7. The van der Waals surface area contributed by atoms with Gasteiger partial charge in [0, 0.05) is 31.8 Å². The normalized spacial score (nSPS) is 12.4. The van der Waals surface area contributed by atoms with E-state index in [9.17, 15) is 9.59 Å². The number of ether oxygens (including phenoxy) is 2. The maximum Gasteiger partial charge on any atom is 0.417 e. The van der Waals surface area contributed by atoms with Crippen LogP contribution in [0.5, 0.6) is 0 Å². The van der Waals surface area contributed by atoms with E-state index in [1.807, 2.05) is 23.6 Å². The van der Waals surface area contributed by atoms with E-state index in [-0.39, 0.29) is 6.54 Å². The molecule has 0 aliphatic heterocycles. The van der Waals surface area contributed by atoms with Gasteiger partial charge in [0.2, 0.25) is 0 Å². The van der Waals surface area contributed by atoms with Crippen LogP contribution >= 0.6 is 11.3 Å². The number of carbonyl (C=O) groups is 2. The third kappa shape index (κ3) is 7.56. The zero-order valence-electron chi connectivity index (χ0n) is 17.4. The average Bonchev–Trinajstić information content (AvgIpc) is 3.18.